The summed E-state index contributed by atoms with van der Waals surface area (Å²) in [6.45, 7) is 6.86. The maximum absolute atomic E-state index is 12.4. The zero-order valence-corrected chi connectivity index (χ0v) is 12.8. The molecule has 112 valence electrons. The zero-order chi connectivity index (χ0) is 14.1. The molecule has 4 nitrogen and oxygen atoms in total. The second-order valence-corrected chi connectivity index (χ2v) is 5.44. The molecule has 0 spiro atoms. The summed E-state index contributed by atoms with van der Waals surface area (Å²) >= 11 is 0. The number of rotatable bonds is 8. The molecule has 1 N–H and O–H groups in total. The smallest absolute Gasteiger partial charge is 0.224 e. The summed E-state index contributed by atoms with van der Waals surface area (Å²) in [6.07, 6.45) is 6.65. The number of nitrogens with zero attached hydrogens (tertiary/aromatic N) is 1. The lowest BCUT2D eigenvalue weighted by atomic mass is 9.79. The van der Waals surface area contributed by atoms with Crippen molar-refractivity contribution in [2.24, 2.45) is 0 Å². The van der Waals surface area contributed by atoms with E-state index in [0.717, 1.165) is 19.4 Å². The number of amides is 1. The molecule has 19 heavy (non-hydrogen) atoms. The number of ether oxygens (including phenoxy) is 1. The third-order valence-corrected chi connectivity index (χ3v) is 4.27. The van der Waals surface area contributed by atoms with Crippen molar-refractivity contribution in [2.75, 3.05) is 33.4 Å². The van der Waals surface area contributed by atoms with Crippen LogP contribution in [-0.4, -0.2) is 49.7 Å². The van der Waals surface area contributed by atoms with E-state index in [-0.39, 0.29) is 11.4 Å². The summed E-state index contributed by atoms with van der Waals surface area (Å²) in [5.41, 5.74) is 0.0361. The van der Waals surface area contributed by atoms with Gasteiger partial charge in [-0.25, -0.2) is 0 Å². The Hall–Kier alpha value is -0.610. The van der Waals surface area contributed by atoms with Crippen LogP contribution in [0.1, 0.15) is 52.4 Å². The number of carbonyl (C=O) groups excluding carboxylic acids is 1. The van der Waals surface area contributed by atoms with E-state index in [2.05, 4.69) is 5.32 Å². The molecule has 0 radical (unpaired) electrons. The van der Waals surface area contributed by atoms with Gasteiger partial charge in [0.2, 0.25) is 5.91 Å². The molecule has 0 bridgehead atoms. The Balaban J connectivity index is 2.49. The number of hydrogen-bond donors (Lipinski definition) is 1. The summed E-state index contributed by atoms with van der Waals surface area (Å²) < 4.78 is 5.35. The Labute approximate surface area is 117 Å². The molecule has 1 aliphatic rings. The third kappa shape index (κ3) is 5.11. The van der Waals surface area contributed by atoms with Crippen LogP contribution in [0.25, 0.3) is 0 Å². The highest BCUT2D eigenvalue weighted by Gasteiger charge is 2.33. The predicted octanol–water partition coefficient (Wildman–Crippen LogP) is 2.18. The Morgan fingerprint density at radius 1 is 1.26 bits per heavy atom. The SMILES string of the molecule is CCOCCN(CC)C(=O)CC1(NC)CCCCC1. The second kappa shape index (κ2) is 8.54. The van der Waals surface area contributed by atoms with E-state index in [1.165, 1.54) is 19.3 Å². The molecule has 1 amide bonds. The van der Waals surface area contributed by atoms with Gasteiger partial charge in [-0.15, -0.1) is 0 Å². The Bertz CT molecular complexity index is 263. The van der Waals surface area contributed by atoms with Gasteiger partial charge in [-0.1, -0.05) is 19.3 Å². The fourth-order valence-corrected chi connectivity index (χ4v) is 2.92. The minimum absolute atomic E-state index is 0.0361. The Morgan fingerprint density at radius 2 is 1.95 bits per heavy atom. The van der Waals surface area contributed by atoms with Gasteiger partial charge in [0.15, 0.2) is 0 Å². The van der Waals surface area contributed by atoms with Crippen LogP contribution in [0.2, 0.25) is 0 Å². The van der Waals surface area contributed by atoms with E-state index in [9.17, 15) is 4.79 Å². The van der Waals surface area contributed by atoms with E-state index in [0.29, 0.717) is 26.2 Å². The molecule has 0 atom stereocenters. The average molecular weight is 270 g/mol. The quantitative estimate of drug-likeness (QED) is 0.687. The van der Waals surface area contributed by atoms with Gasteiger partial charge in [0.25, 0.3) is 0 Å². The Morgan fingerprint density at radius 3 is 2.47 bits per heavy atom. The van der Waals surface area contributed by atoms with Crippen molar-refractivity contribution in [1.82, 2.24) is 10.2 Å². The van der Waals surface area contributed by atoms with E-state index < -0.39 is 0 Å². The lowest BCUT2D eigenvalue weighted by Crippen LogP contribution is -2.49. The van der Waals surface area contributed by atoms with Gasteiger partial charge in [-0.3, -0.25) is 4.79 Å². The second-order valence-electron chi connectivity index (χ2n) is 5.44. The highest BCUT2D eigenvalue weighted by atomic mass is 16.5. The first-order valence-electron chi connectivity index (χ1n) is 7.72. The van der Waals surface area contributed by atoms with Gasteiger partial charge in [-0.05, 0) is 33.7 Å². The fourth-order valence-electron chi connectivity index (χ4n) is 2.92. The largest absolute Gasteiger partial charge is 0.380 e. The molecule has 4 heteroatoms. The molecule has 0 aromatic rings. The van der Waals surface area contributed by atoms with E-state index >= 15 is 0 Å². The molecule has 0 saturated heterocycles. The van der Waals surface area contributed by atoms with Crippen molar-refractivity contribution >= 4 is 5.91 Å². The van der Waals surface area contributed by atoms with Crippen molar-refractivity contribution in [3.05, 3.63) is 0 Å². The molecule has 0 aromatic heterocycles. The molecule has 1 fully saturated rings. The van der Waals surface area contributed by atoms with Crippen LogP contribution < -0.4 is 5.32 Å². The van der Waals surface area contributed by atoms with Gasteiger partial charge in [-0.2, -0.15) is 0 Å². The molecule has 1 saturated carbocycles. The predicted molar refractivity (Wildman–Crippen MR) is 78.2 cm³/mol. The first kappa shape index (κ1) is 16.4. The van der Waals surface area contributed by atoms with Crippen molar-refractivity contribution in [3.63, 3.8) is 0 Å². The first-order chi connectivity index (χ1) is 9.17. The molecule has 0 aliphatic heterocycles. The third-order valence-electron chi connectivity index (χ3n) is 4.27. The molecular formula is C15H30N2O2. The van der Waals surface area contributed by atoms with Gasteiger partial charge in [0.05, 0.1) is 6.61 Å². The van der Waals surface area contributed by atoms with Gasteiger partial charge < -0.3 is 15.0 Å². The lowest BCUT2D eigenvalue weighted by Gasteiger charge is -2.38. The minimum atomic E-state index is 0.0361. The normalized spacial score (nSPS) is 18.3. The number of carbonyl (C=O) groups is 1. The average Bonchev–Trinajstić information content (AvgIpc) is 2.44. The van der Waals surface area contributed by atoms with Crippen molar-refractivity contribution in [3.8, 4) is 0 Å². The minimum Gasteiger partial charge on any atom is -0.380 e. The first-order valence-corrected chi connectivity index (χ1v) is 7.72. The summed E-state index contributed by atoms with van der Waals surface area (Å²) in [5.74, 6) is 0.262. The summed E-state index contributed by atoms with van der Waals surface area (Å²) in [7, 11) is 2.00. The van der Waals surface area contributed by atoms with Crippen LogP contribution >= 0.6 is 0 Å². The highest BCUT2D eigenvalue weighted by molar-refractivity contribution is 5.77. The fraction of sp³-hybridized carbons (Fsp3) is 0.933. The highest BCUT2D eigenvalue weighted by Crippen LogP contribution is 2.31. The van der Waals surface area contributed by atoms with Crippen LogP contribution in [0, 0.1) is 0 Å². The molecule has 0 aromatic carbocycles. The van der Waals surface area contributed by atoms with Crippen LogP contribution in [-0.2, 0) is 9.53 Å². The monoisotopic (exact) mass is 270 g/mol. The van der Waals surface area contributed by atoms with Crippen molar-refractivity contribution in [2.45, 2.75) is 57.9 Å². The topological polar surface area (TPSA) is 41.6 Å². The van der Waals surface area contributed by atoms with Gasteiger partial charge in [0, 0.05) is 31.7 Å². The molecule has 1 rings (SSSR count). The lowest BCUT2D eigenvalue weighted by molar-refractivity contribution is -0.133. The van der Waals surface area contributed by atoms with Crippen molar-refractivity contribution < 1.29 is 9.53 Å². The van der Waals surface area contributed by atoms with Crippen LogP contribution in [0.15, 0.2) is 0 Å². The van der Waals surface area contributed by atoms with Gasteiger partial charge in [0.1, 0.15) is 0 Å². The molecular weight excluding hydrogens is 240 g/mol. The molecule has 1 aliphatic carbocycles. The van der Waals surface area contributed by atoms with E-state index in [1.807, 2.05) is 25.8 Å². The van der Waals surface area contributed by atoms with Crippen LogP contribution in [0.5, 0.6) is 0 Å². The maximum Gasteiger partial charge on any atom is 0.224 e. The van der Waals surface area contributed by atoms with Gasteiger partial charge >= 0.3 is 0 Å². The standard InChI is InChI=1S/C15H30N2O2/c1-4-17(11-12-19-5-2)14(18)13-15(16-3)9-7-6-8-10-15/h16H,4-13H2,1-3H3. The number of likely N-dealkylation sites (N-methyl/N-ethyl adjacent to an activating group) is 1. The molecule has 0 unspecified atom stereocenters. The summed E-state index contributed by atoms with van der Waals surface area (Å²) in [5, 5.41) is 3.42. The zero-order valence-electron chi connectivity index (χ0n) is 12.8. The Kier molecular flexibility index (Phi) is 7.39. The molecule has 0 heterocycles. The van der Waals surface area contributed by atoms with E-state index in [1.54, 1.807) is 0 Å². The van der Waals surface area contributed by atoms with Crippen molar-refractivity contribution in [1.29, 1.82) is 0 Å². The van der Waals surface area contributed by atoms with Crippen LogP contribution in [0.4, 0.5) is 0 Å². The van der Waals surface area contributed by atoms with E-state index in [4.69, 9.17) is 4.74 Å². The van der Waals surface area contributed by atoms with Crippen LogP contribution in [0.3, 0.4) is 0 Å². The maximum atomic E-state index is 12.4. The number of nitrogens with one attached hydrogen (secondary N) is 1. The summed E-state index contributed by atoms with van der Waals surface area (Å²) in [4.78, 5) is 14.4. The number of hydrogen-bond acceptors (Lipinski definition) is 3. The summed E-state index contributed by atoms with van der Waals surface area (Å²) in [6, 6.07) is 0.